The molecule has 3 N–H and O–H groups in total. The van der Waals surface area contributed by atoms with Gasteiger partial charge in [-0.15, -0.1) is 0 Å². The van der Waals surface area contributed by atoms with Crippen LogP contribution in [0.2, 0.25) is 0 Å². The second-order valence-electron chi connectivity index (χ2n) is 4.49. The third-order valence-electron chi connectivity index (χ3n) is 3.56. The molecular formula is C9H16N2O. The zero-order valence-electron chi connectivity index (χ0n) is 7.47. The highest BCUT2D eigenvalue weighted by Crippen LogP contribution is 2.50. The van der Waals surface area contributed by atoms with Gasteiger partial charge in [0.2, 0.25) is 0 Å². The van der Waals surface area contributed by atoms with Gasteiger partial charge in [-0.05, 0) is 44.4 Å². The van der Waals surface area contributed by atoms with E-state index in [2.05, 4.69) is 12.2 Å². The Morgan fingerprint density at radius 1 is 1.58 bits per heavy atom. The van der Waals surface area contributed by atoms with Gasteiger partial charge in [-0.3, -0.25) is 0 Å². The van der Waals surface area contributed by atoms with Crippen LogP contribution < -0.4 is 11.1 Å². The first-order chi connectivity index (χ1) is 5.60. The predicted octanol–water partition coefficient (Wildman–Crippen LogP) is 1.23. The molecule has 0 saturated heterocycles. The van der Waals surface area contributed by atoms with Crippen LogP contribution in [0, 0.1) is 11.8 Å². The zero-order valence-corrected chi connectivity index (χ0v) is 7.47. The number of hydrogen-bond acceptors (Lipinski definition) is 1. The van der Waals surface area contributed by atoms with Gasteiger partial charge < -0.3 is 11.1 Å². The maximum absolute atomic E-state index is 10.7. The molecule has 68 valence electrons. The van der Waals surface area contributed by atoms with E-state index in [1.54, 1.807) is 0 Å². The van der Waals surface area contributed by atoms with Gasteiger partial charge in [0.1, 0.15) is 0 Å². The highest BCUT2D eigenvalue weighted by Gasteiger charge is 2.48. The quantitative estimate of drug-likeness (QED) is 0.608. The Morgan fingerprint density at radius 3 is 2.75 bits per heavy atom. The average molecular weight is 168 g/mol. The fourth-order valence-electron chi connectivity index (χ4n) is 3.04. The summed E-state index contributed by atoms with van der Waals surface area (Å²) in [7, 11) is 0. The average Bonchev–Trinajstić information content (AvgIpc) is 2.42. The van der Waals surface area contributed by atoms with Crippen LogP contribution in [-0.4, -0.2) is 11.6 Å². The summed E-state index contributed by atoms with van der Waals surface area (Å²) in [6.45, 7) is 2.13. The molecule has 2 aliphatic carbocycles. The van der Waals surface area contributed by atoms with Gasteiger partial charge in [0.15, 0.2) is 0 Å². The number of carbonyl (C=O) groups is 1. The molecule has 3 nitrogen and oxygen atoms in total. The van der Waals surface area contributed by atoms with E-state index in [1.807, 2.05) is 0 Å². The monoisotopic (exact) mass is 168 g/mol. The van der Waals surface area contributed by atoms with Crippen LogP contribution in [0.1, 0.15) is 32.6 Å². The van der Waals surface area contributed by atoms with Crippen molar-refractivity contribution in [2.75, 3.05) is 0 Å². The Bertz CT molecular complexity index is 217. The van der Waals surface area contributed by atoms with Gasteiger partial charge in [-0.25, -0.2) is 4.79 Å². The number of primary amides is 1. The van der Waals surface area contributed by atoms with Crippen LogP contribution in [0.5, 0.6) is 0 Å². The van der Waals surface area contributed by atoms with Crippen molar-refractivity contribution in [3.63, 3.8) is 0 Å². The van der Waals surface area contributed by atoms with E-state index in [1.165, 1.54) is 19.3 Å². The normalized spacial score (nSPS) is 44.8. The van der Waals surface area contributed by atoms with Gasteiger partial charge in [0.05, 0.1) is 0 Å². The summed E-state index contributed by atoms with van der Waals surface area (Å²) in [6, 6.07) is -0.370. The van der Waals surface area contributed by atoms with E-state index in [-0.39, 0.29) is 11.6 Å². The maximum atomic E-state index is 10.7. The molecule has 2 amide bonds. The third kappa shape index (κ3) is 1.08. The highest BCUT2D eigenvalue weighted by atomic mass is 16.2. The molecule has 2 saturated carbocycles. The number of amides is 2. The summed E-state index contributed by atoms with van der Waals surface area (Å²) < 4.78 is 0. The van der Waals surface area contributed by atoms with Gasteiger partial charge in [-0.1, -0.05) is 0 Å². The lowest BCUT2D eigenvalue weighted by Gasteiger charge is -2.34. The van der Waals surface area contributed by atoms with Gasteiger partial charge in [0, 0.05) is 5.54 Å². The van der Waals surface area contributed by atoms with Crippen molar-refractivity contribution in [2.24, 2.45) is 17.6 Å². The Morgan fingerprint density at radius 2 is 2.33 bits per heavy atom. The Balaban J connectivity index is 2.07. The molecule has 12 heavy (non-hydrogen) atoms. The van der Waals surface area contributed by atoms with Crippen LogP contribution >= 0.6 is 0 Å². The molecule has 0 heterocycles. The summed E-state index contributed by atoms with van der Waals surface area (Å²) in [5.41, 5.74) is 5.15. The highest BCUT2D eigenvalue weighted by molar-refractivity contribution is 5.72. The van der Waals surface area contributed by atoms with Gasteiger partial charge in [0.25, 0.3) is 0 Å². The van der Waals surface area contributed by atoms with Gasteiger partial charge >= 0.3 is 6.03 Å². The summed E-state index contributed by atoms with van der Waals surface area (Å²) in [5, 5.41) is 2.89. The Hall–Kier alpha value is -0.730. The third-order valence-corrected chi connectivity index (χ3v) is 3.56. The van der Waals surface area contributed by atoms with E-state index in [0.29, 0.717) is 5.92 Å². The van der Waals surface area contributed by atoms with Crippen LogP contribution in [0.25, 0.3) is 0 Å². The second kappa shape index (κ2) is 2.38. The lowest BCUT2D eigenvalue weighted by molar-refractivity contribution is 0.209. The molecular weight excluding hydrogens is 152 g/mol. The van der Waals surface area contributed by atoms with Crippen LogP contribution in [0.4, 0.5) is 4.79 Å². The molecule has 3 heteroatoms. The topological polar surface area (TPSA) is 55.1 Å². The SMILES string of the molecule is C[C@@]1(NC(N)=O)C[C@@H]2CC[C@H]1C2. The van der Waals surface area contributed by atoms with Gasteiger partial charge in [-0.2, -0.15) is 0 Å². The molecule has 0 aliphatic heterocycles. The second-order valence-corrected chi connectivity index (χ2v) is 4.49. The molecule has 0 spiro atoms. The lowest BCUT2D eigenvalue weighted by Crippen LogP contribution is -2.51. The number of rotatable bonds is 1. The first-order valence-electron chi connectivity index (χ1n) is 4.68. The maximum Gasteiger partial charge on any atom is 0.312 e. The minimum absolute atomic E-state index is 0.00868. The fraction of sp³-hybridized carbons (Fsp3) is 0.889. The molecule has 2 bridgehead atoms. The fourth-order valence-corrected chi connectivity index (χ4v) is 3.04. The van der Waals surface area contributed by atoms with Crippen LogP contribution in [0.15, 0.2) is 0 Å². The van der Waals surface area contributed by atoms with Crippen LogP contribution in [-0.2, 0) is 0 Å². The Kier molecular flexibility index (Phi) is 1.56. The van der Waals surface area contributed by atoms with E-state index in [9.17, 15) is 4.79 Å². The molecule has 0 unspecified atom stereocenters. The number of carbonyl (C=O) groups excluding carboxylic acids is 1. The number of hydrogen-bond donors (Lipinski definition) is 2. The largest absolute Gasteiger partial charge is 0.352 e. The van der Waals surface area contributed by atoms with Crippen molar-refractivity contribution >= 4 is 6.03 Å². The van der Waals surface area contributed by atoms with Crippen LogP contribution in [0.3, 0.4) is 0 Å². The lowest BCUT2D eigenvalue weighted by atomic mass is 9.83. The minimum atomic E-state index is -0.370. The molecule has 3 atom stereocenters. The molecule has 2 aliphatic rings. The minimum Gasteiger partial charge on any atom is -0.352 e. The standard InChI is InChI=1S/C9H16N2O/c1-9(11-8(10)12)5-6-2-3-7(9)4-6/h6-7H,2-5H2,1H3,(H3,10,11,12)/t6-,7+,9-/m1/s1. The molecule has 0 aromatic carbocycles. The molecule has 0 radical (unpaired) electrons. The van der Waals surface area contributed by atoms with E-state index in [0.717, 1.165) is 12.3 Å². The van der Waals surface area contributed by atoms with Crippen molar-refractivity contribution in [2.45, 2.75) is 38.1 Å². The molecule has 2 rings (SSSR count). The van der Waals surface area contributed by atoms with E-state index in [4.69, 9.17) is 5.73 Å². The summed E-state index contributed by atoms with van der Waals surface area (Å²) >= 11 is 0. The van der Waals surface area contributed by atoms with Crippen molar-refractivity contribution < 1.29 is 4.79 Å². The molecule has 2 fully saturated rings. The van der Waals surface area contributed by atoms with Crippen molar-refractivity contribution in [1.82, 2.24) is 5.32 Å². The summed E-state index contributed by atoms with van der Waals surface area (Å²) in [4.78, 5) is 10.7. The smallest absolute Gasteiger partial charge is 0.312 e. The Labute approximate surface area is 72.7 Å². The summed E-state index contributed by atoms with van der Waals surface area (Å²) in [6.07, 6.45) is 5.03. The first-order valence-corrected chi connectivity index (χ1v) is 4.68. The number of urea groups is 1. The van der Waals surface area contributed by atoms with Crippen molar-refractivity contribution in [3.8, 4) is 0 Å². The molecule has 0 aromatic heterocycles. The van der Waals surface area contributed by atoms with Crippen molar-refractivity contribution in [1.29, 1.82) is 0 Å². The van der Waals surface area contributed by atoms with Crippen molar-refractivity contribution in [3.05, 3.63) is 0 Å². The predicted molar refractivity (Wildman–Crippen MR) is 46.6 cm³/mol. The number of fused-ring (bicyclic) bond motifs is 2. The first kappa shape index (κ1) is 7.90. The van der Waals surface area contributed by atoms with E-state index < -0.39 is 0 Å². The number of nitrogens with one attached hydrogen (secondary N) is 1. The summed E-state index contributed by atoms with van der Waals surface area (Å²) in [5.74, 6) is 1.52. The molecule has 0 aromatic rings. The zero-order chi connectivity index (χ0) is 8.77. The van der Waals surface area contributed by atoms with E-state index >= 15 is 0 Å². The number of nitrogens with two attached hydrogens (primary N) is 1.